The zero-order valence-electron chi connectivity index (χ0n) is 18.5. The second-order valence-corrected chi connectivity index (χ2v) is 9.44. The van der Waals surface area contributed by atoms with Crippen LogP contribution in [0, 0.1) is 11.3 Å². The van der Waals surface area contributed by atoms with E-state index in [1.54, 1.807) is 6.07 Å². The minimum absolute atomic E-state index is 0.00305. The Hall–Kier alpha value is -2.94. The van der Waals surface area contributed by atoms with Crippen LogP contribution in [0.3, 0.4) is 0 Å². The van der Waals surface area contributed by atoms with E-state index in [1.807, 2.05) is 0 Å². The number of hydrogen-bond acceptors (Lipinski definition) is 7. The van der Waals surface area contributed by atoms with Crippen molar-refractivity contribution in [2.45, 2.75) is 38.1 Å². The number of likely N-dealkylation sites (tertiary alicyclic amines) is 1. The number of aldehydes is 1. The number of nitrogens with zero attached hydrogens (tertiary/aromatic N) is 2. The minimum atomic E-state index is -1.07. The van der Waals surface area contributed by atoms with Gasteiger partial charge in [-0.1, -0.05) is 0 Å². The molecule has 32 heavy (non-hydrogen) atoms. The number of amides is 3. The van der Waals surface area contributed by atoms with Crippen molar-refractivity contribution in [3.63, 3.8) is 0 Å². The Morgan fingerprint density at radius 1 is 1.25 bits per heavy atom. The van der Waals surface area contributed by atoms with Gasteiger partial charge in [-0.05, 0) is 56.2 Å². The Morgan fingerprint density at radius 3 is 2.56 bits per heavy atom. The van der Waals surface area contributed by atoms with Crippen LogP contribution in [0.2, 0.25) is 0 Å². The largest absolute Gasteiger partial charge is 0.507 e. The van der Waals surface area contributed by atoms with E-state index >= 15 is 0 Å². The molecule has 3 aliphatic rings. The highest BCUT2D eigenvalue weighted by molar-refractivity contribution is 6.25. The Kier molecular flexibility index (Phi) is 5.94. The zero-order valence-corrected chi connectivity index (χ0v) is 18.5. The van der Waals surface area contributed by atoms with E-state index in [0.29, 0.717) is 29.9 Å². The molecule has 1 saturated carbocycles. The molecule has 0 radical (unpaired) electrons. The molecule has 0 bridgehead atoms. The topological polar surface area (TPSA) is 119 Å². The van der Waals surface area contributed by atoms with E-state index in [2.05, 4.69) is 22.6 Å². The average molecular weight is 443 g/mol. The number of imide groups is 1. The van der Waals surface area contributed by atoms with Gasteiger partial charge >= 0.3 is 0 Å². The summed E-state index contributed by atoms with van der Waals surface area (Å²) in [5.41, 5.74) is 0.993. The van der Waals surface area contributed by atoms with E-state index < -0.39 is 17.9 Å². The van der Waals surface area contributed by atoms with Crippen molar-refractivity contribution in [1.29, 1.82) is 0 Å². The number of fused-ring (bicyclic) bond motifs is 1. The van der Waals surface area contributed by atoms with Crippen molar-refractivity contribution in [1.82, 2.24) is 15.1 Å². The maximum Gasteiger partial charge on any atom is 0.266 e. The third kappa shape index (κ3) is 3.85. The van der Waals surface area contributed by atoms with Crippen molar-refractivity contribution in [2.75, 3.05) is 39.0 Å². The maximum atomic E-state index is 13.1. The van der Waals surface area contributed by atoms with Crippen molar-refractivity contribution in [3.05, 3.63) is 23.3 Å². The number of carbonyl (C=O) groups excluding carboxylic acids is 4. The number of phenols is 1. The van der Waals surface area contributed by atoms with Gasteiger partial charge in [0, 0.05) is 38.8 Å². The third-order valence-corrected chi connectivity index (χ3v) is 7.01. The summed E-state index contributed by atoms with van der Waals surface area (Å²) in [6, 6.07) is 1.91. The van der Waals surface area contributed by atoms with Crippen LogP contribution >= 0.6 is 0 Å². The number of aromatic hydroxyl groups is 1. The first kappa shape index (κ1) is 22.3. The zero-order chi connectivity index (χ0) is 23.0. The van der Waals surface area contributed by atoms with Crippen LogP contribution in [-0.4, -0.2) is 78.7 Å². The van der Waals surface area contributed by atoms with E-state index in [9.17, 15) is 24.3 Å². The van der Waals surface area contributed by atoms with Crippen molar-refractivity contribution < 1.29 is 24.3 Å². The molecule has 1 spiro atoms. The molecule has 3 amide bonds. The van der Waals surface area contributed by atoms with E-state index in [4.69, 9.17) is 0 Å². The van der Waals surface area contributed by atoms with Crippen LogP contribution < -0.4 is 10.6 Å². The van der Waals surface area contributed by atoms with Crippen LogP contribution in [0.15, 0.2) is 12.1 Å². The van der Waals surface area contributed by atoms with Gasteiger partial charge in [0.2, 0.25) is 5.91 Å². The number of anilines is 1. The number of phenolic OH excluding ortho intramolecular Hbond substituents is 1. The Morgan fingerprint density at radius 2 is 1.94 bits per heavy atom. The highest BCUT2D eigenvalue weighted by Gasteiger charge is 2.50. The van der Waals surface area contributed by atoms with Gasteiger partial charge in [-0.25, -0.2) is 0 Å². The summed E-state index contributed by atoms with van der Waals surface area (Å²) >= 11 is 0. The van der Waals surface area contributed by atoms with Gasteiger partial charge in [0.1, 0.15) is 12.0 Å². The van der Waals surface area contributed by atoms with Gasteiger partial charge in [0.15, 0.2) is 0 Å². The highest BCUT2D eigenvalue weighted by Crippen LogP contribution is 2.52. The molecule has 4 rings (SSSR count). The molecule has 2 heterocycles. The van der Waals surface area contributed by atoms with Gasteiger partial charge in [-0.15, -0.1) is 0 Å². The third-order valence-electron chi connectivity index (χ3n) is 7.01. The minimum Gasteiger partial charge on any atom is -0.507 e. The summed E-state index contributed by atoms with van der Waals surface area (Å²) < 4.78 is 0. The predicted molar refractivity (Wildman–Crippen MR) is 118 cm³/mol. The smallest absolute Gasteiger partial charge is 0.266 e. The standard InChI is InChI=1S/C23H30N4O5/c1-24-18(30)6-3-15(11-28)27-21(31)19-16(4-5-17(29)20(19)22(27)32)25-8-7-14-9-23(10-14)12-26(2)13-23/h4-5,11,14-15,25,29H,3,6-10,12-13H2,1-2H3,(H,24,30). The lowest BCUT2D eigenvalue weighted by atomic mass is 9.57. The second-order valence-electron chi connectivity index (χ2n) is 9.44. The normalized spacial score (nSPS) is 20.5. The summed E-state index contributed by atoms with van der Waals surface area (Å²) in [4.78, 5) is 52.4. The molecule has 1 aromatic rings. The Balaban J connectivity index is 1.42. The number of carbonyl (C=O) groups is 4. The number of nitrogens with one attached hydrogen (secondary N) is 2. The molecule has 1 aliphatic carbocycles. The van der Waals surface area contributed by atoms with Crippen LogP contribution in [0.1, 0.15) is 52.8 Å². The van der Waals surface area contributed by atoms with Crippen LogP contribution in [0.25, 0.3) is 0 Å². The summed E-state index contributed by atoms with van der Waals surface area (Å²) in [6.45, 7) is 3.00. The van der Waals surface area contributed by atoms with Crippen molar-refractivity contribution in [3.8, 4) is 5.75 Å². The first-order chi connectivity index (χ1) is 15.3. The van der Waals surface area contributed by atoms with Crippen LogP contribution in [0.4, 0.5) is 5.69 Å². The molecule has 1 unspecified atom stereocenters. The fraction of sp³-hybridized carbons (Fsp3) is 0.565. The second kappa shape index (κ2) is 8.54. The van der Waals surface area contributed by atoms with E-state index in [-0.39, 0.29) is 35.6 Å². The fourth-order valence-corrected chi connectivity index (χ4v) is 5.61. The number of rotatable bonds is 9. The van der Waals surface area contributed by atoms with Gasteiger partial charge in [-0.3, -0.25) is 19.3 Å². The predicted octanol–water partition coefficient (Wildman–Crippen LogP) is 1.23. The monoisotopic (exact) mass is 442 g/mol. The fourth-order valence-electron chi connectivity index (χ4n) is 5.61. The average Bonchev–Trinajstić information content (AvgIpc) is 2.99. The summed E-state index contributed by atoms with van der Waals surface area (Å²) in [6.07, 6.45) is 3.95. The molecule has 172 valence electrons. The van der Waals surface area contributed by atoms with Gasteiger partial charge < -0.3 is 25.4 Å². The number of benzene rings is 1. The molecule has 9 nitrogen and oxygen atoms in total. The molecule has 1 saturated heterocycles. The lowest BCUT2D eigenvalue weighted by molar-refractivity contribution is -0.121. The van der Waals surface area contributed by atoms with Crippen LogP contribution in [-0.2, 0) is 9.59 Å². The first-order valence-corrected chi connectivity index (χ1v) is 11.1. The molecule has 9 heteroatoms. The molecule has 1 atom stereocenters. The van der Waals surface area contributed by atoms with Gasteiger partial charge in [0.25, 0.3) is 11.8 Å². The molecule has 0 aromatic heterocycles. The SMILES string of the molecule is CNC(=O)CCC(C=O)N1C(=O)c2c(O)ccc(NCCC3CC4(C3)CN(C)C4)c2C1=O. The molecule has 2 aliphatic heterocycles. The quantitative estimate of drug-likeness (QED) is 0.299. The molecule has 1 aromatic carbocycles. The highest BCUT2D eigenvalue weighted by atomic mass is 16.3. The molecule has 2 fully saturated rings. The maximum absolute atomic E-state index is 13.1. The molecule has 3 N–H and O–H groups in total. The van der Waals surface area contributed by atoms with E-state index in [1.165, 1.54) is 39.0 Å². The van der Waals surface area contributed by atoms with E-state index in [0.717, 1.165) is 11.3 Å². The van der Waals surface area contributed by atoms with Crippen molar-refractivity contribution in [2.24, 2.45) is 11.3 Å². The molecular formula is C23H30N4O5. The number of hydrogen-bond donors (Lipinski definition) is 3. The molecular weight excluding hydrogens is 412 g/mol. The van der Waals surface area contributed by atoms with Crippen LogP contribution in [0.5, 0.6) is 5.75 Å². The lowest BCUT2D eigenvalue weighted by Gasteiger charge is -2.58. The summed E-state index contributed by atoms with van der Waals surface area (Å²) in [7, 11) is 3.62. The van der Waals surface area contributed by atoms with Gasteiger partial charge in [0.05, 0.1) is 17.2 Å². The van der Waals surface area contributed by atoms with Gasteiger partial charge in [-0.2, -0.15) is 0 Å². The Labute approximate surface area is 187 Å². The Bertz CT molecular complexity index is 948. The van der Waals surface area contributed by atoms with Crippen molar-refractivity contribution >= 4 is 29.7 Å². The first-order valence-electron chi connectivity index (χ1n) is 11.1. The summed E-state index contributed by atoms with van der Waals surface area (Å²) in [5, 5.41) is 16.0. The lowest BCUT2D eigenvalue weighted by Crippen LogP contribution is -2.60. The summed E-state index contributed by atoms with van der Waals surface area (Å²) in [5.74, 6) is -1.27.